The van der Waals surface area contributed by atoms with Gasteiger partial charge in [-0.25, -0.2) is 0 Å². The van der Waals surface area contributed by atoms with Gasteiger partial charge in [0.25, 0.3) is 0 Å². The van der Waals surface area contributed by atoms with E-state index in [0.29, 0.717) is 6.54 Å². The zero-order valence-electron chi connectivity index (χ0n) is 10.2. The predicted molar refractivity (Wildman–Crippen MR) is 62.5 cm³/mol. The summed E-state index contributed by atoms with van der Waals surface area (Å²) < 4.78 is 0. The Balaban J connectivity index is 2.34. The lowest BCUT2D eigenvalue weighted by molar-refractivity contribution is -0.139. The Morgan fingerprint density at radius 2 is 1.60 bits per heavy atom. The van der Waals surface area contributed by atoms with Crippen LogP contribution in [0.3, 0.4) is 0 Å². The number of rotatable bonds is 2. The fraction of sp³-hybridized carbons (Fsp3) is 1.00. The summed E-state index contributed by atoms with van der Waals surface area (Å²) in [4.78, 5) is 0. The zero-order chi connectivity index (χ0) is 11.2. The molecule has 0 amide bonds. The monoisotopic (exact) mass is 211 g/mol. The highest BCUT2D eigenvalue weighted by Crippen LogP contribution is 2.59. The number of hydrogen-bond donors (Lipinski definition) is 2. The predicted octanol–water partition coefficient (Wildman–Crippen LogP) is 2.45. The Hall–Kier alpha value is -0.0800. The third-order valence-electron chi connectivity index (χ3n) is 5.29. The summed E-state index contributed by atoms with van der Waals surface area (Å²) in [5, 5.41) is 11.1. The molecule has 1 unspecified atom stereocenters. The number of nitrogens with two attached hydrogens (primary N) is 1. The van der Waals surface area contributed by atoms with Crippen molar-refractivity contribution in [1.29, 1.82) is 0 Å². The third kappa shape index (κ3) is 1.38. The van der Waals surface area contributed by atoms with E-state index in [4.69, 9.17) is 5.73 Å². The second-order valence-corrected chi connectivity index (χ2v) is 6.29. The van der Waals surface area contributed by atoms with Gasteiger partial charge in [-0.1, -0.05) is 26.7 Å². The highest BCUT2D eigenvalue weighted by molar-refractivity contribution is 5.11. The second kappa shape index (κ2) is 3.46. The summed E-state index contributed by atoms with van der Waals surface area (Å²) in [5.74, 6) is 0. The summed E-state index contributed by atoms with van der Waals surface area (Å²) in [5.41, 5.74) is 5.56. The van der Waals surface area contributed by atoms with E-state index in [1.54, 1.807) is 0 Å². The molecule has 0 aromatic heterocycles. The average molecular weight is 211 g/mol. The molecule has 15 heavy (non-hydrogen) atoms. The first-order chi connectivity index (χ1) is 6.97. The van der Waals surface area contributed by atoms with Gasteiger partial charge < -0.3 is 10.8 Å². The minimum Gasteiger partial charge on any atom is -0.389 e. The van der Waals surface area contributed by atoms with Crippen molar-refractivity contribution >= 4 is 0 Å². The average Bonchev–Trinajstić information content (AvgIpc) is 2.74. The topological polar surface area (TPSA) is 46.2 Å². The molecule has 0 aromatic carbocycles. The van der Waals surface area contributed by atoms with Gasteiger partial charge in [-0.15, -0.1) is 0 Å². The van der Waals surface area contributed by atoms with E-state index in [1.807, 2.05) is 0 Å². The minimum absolute atomic E-state index is 0.0208. The van der Waals surface area contributed by atoms with Crippen LogP contribution in [0.2, 0.25) is 0 Å². The maximum atomic E-state index is 11.1. The molecule has 0 heterocycles. The molecule has 0 saturated heterocycles. The van der Waals surface area contributed by atoms with Gasteiger partial charge in [0.15, 0.2) is 0 Å². The van der Waals surface area contributed by atoms with Crippen LogP contribution in [0.25, 0.3) is 0 Å². The van der Waals surface area contributed by atoms with Crippen LogP contribution in [0.5, 0.6) is 0 Å². The standard InChI is InChI=1S/C13H25NO/c1-11(2)6-5-9-13(11,15)12(10-14)7-3-4-8-12/h15H,3-10,14H2,1-2H3. The lowest BCUT2D eigenvalue weighted by Gasteiger charge is -2.50. The molecule has 2 aliphatic rings. The van der Waals surface area contributed by atoms with Gasteiger partial charge in [0, 0.05) is 12.0 Å². The molecule has 0 bridgehead atoms. The van der Waals surface area contributed by atoms with Gasteiger partial charge in [0.05, 0.1) is 5.60 Å². The highest BCUT2D eigenvalue weighted by atomic mass is 16.3. The van der Waals surface area contributed by atoms with E-state index in [9.17, 15) is 5.11 Å². The molecule has 0 spiro atoms. The largest absolute Gasteiger partial charge is 0.389 e. The van der Waals surface area contributed by atoms with Crippen molar-refractivity contribution in [3.05, 3.63) is 0 Å². The van der Waals surface area contributed by atoms with E-state index in [2.05, 4.69) is 13.8 Å². The third-order valence-corrected chi connectivity index (χ3v) is 5.29. The second-order valence-electron chi connectivity index (χ2n) is 6.29. The molecular weight excluding hydrogens is 186 g/mol. The molecule has 88 valence electrons. The Bertz CT molecular complexity index is 243. The molecule has 2 rings (SSSR count). The summed E-state index contributed by atoms with van der Waals surface area (Å²) >= 11 is 0. The van der Waals surface area contributed by atoms with Crippen LogP contribution in [0.15, 0.2) is 0 Å². The molecule has 2 fully saturated rings. The molecular formula is C13H25NO. The zero-order valence-corrected chi connectivity index (χ0v) is 10.2. The smallest absolute Gasteiger partial charge is 0.0766 e. The molecule has 2 saturated carbocycles. The van der Waals surface area contributed by atoms with Crippen LogP contribution in [0.4, 0.5) is 0 Å². The molecule has 0 radical (unpaired) electrons. The summed E-state index contributed by atoms with van der Waals surface area (Å²) in [6, 6.07) is 0. The summed E-state index contributed by atoms with van der Waals surface area (Å²) in [7, 11) is 0. The molecule has 3 N–H and O–H groups in total. The Kier molecular flexibility index (Phi) is 2.63. The van der Waals surface area contributed by atoms with Crippen LogP contribution in [0.1, 0.15) is 58.8 Å². The van der Waals surface area contributed by atoms with Crippen molar-refractivity contribution in [2.75, 3.05) is 6.54 Å². The first kappa shape index (κ1) is 11.4. The molecule has 2 nitrogen and oxygen atoms in total. The van der Waals surface area contributed by atoms with Crippen molar-refractivity contribution in [2.45, 2.75) is 64.4 Å². The van der Waals surface area contributed by atoms with Crippen LogP contribution >= 0.6 is 0 Å². The fourth-order valence-corrected chi connectivity index (χ4v) is 4.15. The van der Waals surface area contributed by atoms with Gasteiger partial charge >= 0.3 is 0 Å². The van der Waals surface area contributed by atoms with Gasteiger partial charge in [0.2, 0.25) is 0 Å². The van der Waals surface area contributed by atoms with Gasteiger partial charge in [-0.05, 0) is 37.5 Å². The maximum absolute atomic E-state index is 11.1. The minimum atomic E-state index is -0.509. The Morgan fingerprint density at radius 3 is 2.00 bits per heavy atom. The van der Waals surface area contributed by atoms with Gasteiger partial charge in [-0.3, -0.25) is 0 Å². The van der Waals surface area contributed by atoms with Gasteiger partial charge in [-0.2, -0.15) is 0 Å². The van der Waals surface area contributed by atoms with Crippen molar-refractivity contribution < 1.29 is 5.11 Å². The number of hydrogen-bond acceptors (Lipinski definition) is 2. The van der Waals surface area contributed by atoms with Crippen molar-refractivity contribution in [2.24, 2.45) is 16.6 Å². The Labute approximate surface area is 93.2 Å². The molecule has 0 aliphatic heterocycles. The van der Waals surface area contributed by atoms with Crippen LogP contribution in [-0.2, 0) is 0 Å². The van der Waals surface area contributed by atoms with E-state index in [0.717, 1.165) is 32.1 Å². The van der Waals surface area contributed by atoms with E-state index in [1.165, 1.54) is 12.8 Å². The molecule has 0 aromatic rings. The maximum Gasteiger partial charge on any atom is 0.0766 e. The summed E-state index contributed by atoms with van der Waals surface area (Å²) in [6.07, 6.45) is 8.01. The van der Waals surface area contributed by atoms with Crippen molar-refractivity contribution in [1.82, 2.24) is 0 Å². The van der Waals surface area contributed by atoms with E-state index < -0.39 is 5.60 Å². The lowest BCUT2D eigenvalue weighted by Crippen LogP contribution is -2.56. The Morgan fingerprint density at radius 1 is 1.00 bits per heavy atom. The molecule has 1 atom stereocenters. The van der Waals surface area contributed by atoms with Crippen molar-refractivity contribution in [3.8, 4) is 0 Å². The SMILES string of the molecule is CC1(C)CCCC1(O)C1(CN)CCCC1. The normalized spacial score (nSPS) is 38.4. The summed E-state index contributed by atoms with van der Waals surface area (Å²) in [6.45, 7) is 5.10. The lowest BCUT2D eigenvalue weighted by atomic mass is 9.60. The fourth-order valence-electron chi connectivity index (χ4n) is 4.15. The quantitative estimate of drug-likeness (QED) is 0.737. The van der Waals surface area contributed by atoms with E-state index in [-0.39, 0.29) is 10.8 Å². The number of aliphatic hydroxyl groups is 1. The highest BCUT2D eigenvalue weighted by Gasteiger charge is 2.60. The van der Waals surface area contributed by atoms with Gasteiger partial charge in [0.1, 0.15) is 0 Å². The van der Waals surface area contributed by atoms with Crippen LogP contribution in [0, 0.1) is 10.8 Å². The molecule has 2 heteroatoms. The first-order valence-corrected chi connectivity index (χ1v) is 6.40. The van der Waals surface area contributed by atoms with E-state index >= 15 is 0 Å². The van der Waals surface area contributed by atoms with Crippen LogP contribution < -0.4 is 5.73 Å². The van der Waals surface area contributed by atoms with Crippen molar-refractivity contribution in [3.63, 3.8) is 0 Å². The molecule has 2 aliphatic carbocycles. The first-order valence-electron chi connectivity index (χ1n) is 6.40. The van der Waals surface area contributed by atoms with Crippen LogP contribution in [-0.4, -0.2) is 17.3 Å².